The molecule has 0 N–H and O–H groups in total. The molecule has 4 heteroatoms. The Morgan fingerprint density at radius 1 is 0.429 bits per heavy atom. The molecule has 4 nitrogen and oxygen atoms in total. The monoisotopic (exact) mass is 468 g/mol. The van der Waals surface area contributed by atoms with Crippen LogP contribution in [0.25, 0.3) is 0 Å². The van der Waals surface area contributed by atoms with Crippen LogP contribution in [0.1, 0.15) is 22.3 Å². The molecular weight excluding hydrogens is 436 g/mol. The van der Waals surface area contributed by atoms with Gasteiger partial charge in [0.2, 0.25) is 0 Å². The first-order valence-corrected chi connectivity index (χ1v) is 11.9. The van der Waals surface area contributed by atoms with Gasteiger partial charge in [-0.3, -0.25) is 0 Å². The van der Waals surface area contributed by atoms with Crippen LogP contribution in [0.3, 0.4) is 0 Å². The van der Waals surface area contributed by atoms with Crippen LogP contribution in [-0.2, 0) is 25.7 Å². The average Bonchev–Trinajstić information content (AvgIpc) is 2.91. The molecule has 4 aromatic rings. The molecule has 180 valence electrons. The van der Waals surface area contributed by atoms with Crippen LogP contribution >= 0.6 is 0 Å². The van der Waals surface area contributed by atoms with Gasteiger partial charge in [0.25, 0.3) is 0 Å². The van der Waals surface area contributed by atoms with E-state index in [1.165, 1.54) is 22.3 Å². The molecule has 35 heavy (non-hydrogen) atoms. The number of ether oxygens (including phenoxy) is 4. The highest BCUT2D eigenvalue weighted by Gasteiger charge is 2.09. The standard InChI is InChI=1S/C31H32O4/c1-32-27-10-4-7-23(19-27)13-14-25-9-6-12-29(21-25)35-31-22-26(17-18-30(31)34-3)16-15-24-8-5-11-28(20-24)33-2/h4-12,17-22H,13-16H2,1-3H3. The highest BCUT2D eigenvalue weighted by molar-refractivity contribution is 5.46. The van der Waals surface area contributed by atoms with Gasteiger partial charge in [-0.25, -0.2) is 0 Å². The zero-order valence-corrected chi connectivity index (χ0v) is 20.6. The number of methoxy groups -OCH3 is 3. The van der Waals surface area contributed by atoms with Gasteiger partial charge in [0.05, 0.1) is 21.3 Å². The molecular formula is C31H32O4. The van der Waals surface area contributed by atoms with Crippen molar-refractivity contribution in [3.05, 3.63) is 113 Å². The zero-order chi connectivity index (χ0) is 24.5. The summed E-state index contributed by atoms with van der Waals surface area (Å²) in [7, 11) is 5.06. The zero-order valence-electron chi connectivity index (χ0n) is 20.6. The third kappa shape index (κ3) is 6.80. The predicted octanol–water partition coefficient (Wildman–Crippen LogP) is 7.08. The van der Waals surface area contributed by atoms with Gasteiger partial charge >= 0.3 is 0 Å². The second kappa shape index (κ2) is 12.0. The summed E-state index contributed by atoms with van der Waals surface area (Å²) >= 11 is 0. The Kier molecular flexibility index (Phi) is 8.29. The molecule has 0 aliphatic carbocycles. The summed E-state index contributed by atoms with van der Waals surface area (Å²) in [5.41, 5.74) is 4.91. The topological polar surface area (TPSA) is 36.9 Å². The van der Waals surface area contributed by atoms with Crippen molar-refractivity contribution < 1.29 is 18.9 Å². The van der Waals surface area contributed by atoms with E-state index in [2.05, 4.69) is 48.5 Å². The van der Waals surface area contributed by atoms with Crippen LogP contribution in [-0.4, -0.2) is 21.3 Å². The highest BCUT2D eigenvalue weighted by atomic mass is 16.5. The highest BCUT2D eigenvalue weighted by Crippen LogP contribution is 2.33. The van der Waals surface area contributed by atoms with Gasteiger partial charge in [0, 0.05) is 0 Å². The summed E-state index contributed by atoms with van der Waals surface area (Å²) < 4.78 is 22.5. The quantitative estimate of drug-likeness (QED) is 0.236. The normalized spacial score (nSPS) is 10.6. The molecule has 0 saturated carbocycles. The third-order valence-electron chi connectivity index (χ3n) is 6.03. The summed E-state index contributed by atoms with van der Waals surface area (Å²) in [6, 6.07) is 30.8. The molecule has 0 heterocycles. The van der Waals surface area contributed by atoms with Gasteiger partial charge in [-0.1, -0.05) is 42.5 Å². The first-order chi connectivity index (χ1) is 17.2. The van der Waals surface area contributed by atoms with Gasteiger partial charge in [0.15, 0.2) is 11.5 Å². The van der Waals surface area contributed by atoms with Crippen LogP contribution in [0.2, 0.25) is 0 Å². The third-order valence-corrected chi connectivity index (χ3v) is 6.03. The summed E-state index contributed by atoms with van der Waals surface area (Å²) in [5, 5.41) is 0. The molecule has 0 unspecified atom stereocenters. The lowest BCUT2D eigenvalue weighted by atomic mass is 10.0. The largest absolute Gasteiger partial charge is 0.497 e. The summed E-state index contributed by atoms with van der Waals surface area (Å²) in [4.78, 5) is 0. The maximum atomic E-state index is 6.29. The lowest BCUT2D eigenvalue weighted by Gasteiger charge is -2.13. The molecule has 0 amide bonds. The molecule has 0 radical (unpaired) electrons. The van der Waals surface area contributed by atoms with Gasteiger partial charge < -0.3 is 18.9 Å². The second-order valence-corrected chi connectivity index (χ2v) is 8.44. The molecule has 0 saturated heterocycles. The Balaban J connectivity index is 1.43. The molecule has 0 atom stereocenters. The van der Waals surface area contributed by atoms with Crippen molar-refractivity contribution in [2.45, 2.75) is 25.7 Å². The van der Waals surface area contributed by atoms with E-state index in [0.717, 1.165) is 54.4 Å². The minimum atomic E-state index is 0.719. The van der Waals surface area contributed by atoms with Gasteiger partial charge in [-0.2, -0.15) is 0 Å². The number of rotatable bonds is 11. The number of benzene rings is 4. The summed E-state index contributed by atoms with van der Waals surface area (Å²) in [5.74, 6) is 4.01. The van der Waals surface area contributed by atoms with E-state index in [4.69, 9.17) is 18.9 Å². The van der Waals surface area contributed by atoms with Crippen LogP contribution in [0.4, 0.5) is 0 Å². The Hall–Kier alpha value is -3.92. The fourth-order valence-corrected chi connectivity index (χ4v) is 4.08. The van der Waals surface area contributed by atoms with Gasteiger partial charge in [-0.05, 0) is 96.5 Å². The minimum Gasteiger partial charge on any atom is -0.497 e. The van der Waals surface area contributed by atoms with E-state index in [-0.39, 0.29) is 0 Å². The first-order valence-electron chi connectivity index (χ1n) is 11.9. The maximum Gasteiger partial charge on any atom is 0.169 e. The van der Waals surface area contributed by atoms with Crippen LogP contribution < -0.4 is 18.9 Å². The molecule has 0 aliphatic rings. The van der Waals surface area contributed by atoms with Crippen molar-refractivity contribution in [2.24, 2.45) is 0 Å². The number of hydrogen-bond donors (Lipinski definition) is 0. The summed E-state index contributed by atoms with van der Waals surface area (Å²) in [6.45, 7) is 0. The van der Waals surface area contributed by atoms with Crippen molar-refractivity contribution in [1.29, 1.82) is 0 Å². The van der Waals surface area contributed by atoms with Gasteiger partial charge in [0.1, 0.15) is 17.2 Å². The van der Waals surface area contributed by atoms with E-state index >= 15 is 0 Å². The lowest BCUT2D eigenvalue weighted by molar-refractivity contribution is 0.378. The SMILES string of the molecule is COc1cccc(CCc2cccc(Oc3cc(CCc4cccc(OC)c4)ccc3OC)c2)c1. The van der Waals surface area contributed by atoms with Crippen molar-refractivity contribution in [3.63, 3.8) is 0 Å². The second-order valence-electron chi connectivity index (χ2n) is 8.44. The van der Waals surface area contributed by atoms with E-state index < -0.39 is 0 Å². The Morgan fingerprint density at radius 3 is 1.37 bits per heavy atom. The first kappa shape index (κ1) is 24.2. The molecule has 0 bridgehead atoms. The van der Waals surface area contributed by atoms with Crippen molar-refractivity contribution in [1.82, 2.24) is 0 Å². The van der Waals surface area contributed by atoms with Crippen LogP contribution in [0, 0.1) is 0 Å². The van der Waals surface area contributed by atoms with E-state index in [0.29, 0.717) is 0 Å². The summed E-state index contributed by atoms with van der Waals surface area (Å²) in [6.07, 6.45) is 3.67. The van der Waals surface area contributed by atoms with Crippen molar-refractivity contribution >= 4 is 0 Å². The molecule has 0 aliphatic heterocycles. The van der Waals surface area contributed by atoms with Crippen LogP contribution in [0.15, 0.2) is 91.0 Å². The Bertz CT molecular complexity index is 1250. The number of aryl methyl sites for hydroxylation is 4. The van der Waals surface area contributed by atoms with Gasteiger partial charge in [-0.15, -0.1) is 0 Å². The number of hydrogen-bond acceptors (Lipinski definition) is 4. The Labute approximate surface area is 208 Å². The molecule has 4 aromatic carbocycles. The lowest BCUT2D eigenvalue weighted by Crippen LogP contribution is -1.96. The molecule has 4 rings (SSSR count). The smallest absolute Gasteiger partial charge is 0.169 e. The molecule has 0 spiro atoms. The van der Waals surface area contributed by atoms with Crippen molar-refractivity contribution in [3.8, 4) is 28.7 Å². The minimum absolute atomic E-state index is 0.719. The predicted molar refractivity (Wildman–Crippen MR) is 140 cm³/mol. The molecule has 0 aromatic heterocycles. The molecule has 0 fully saturated rings. The van der Waals surface area contributed by atoms with E-state index in [1.54, 1.807) is 21.3 Å². The van der Waals surface area contributed by atoms with Crippen LogP contribution in [0.5, 0.6) is 28.7 Å². The van der Waals surface area contributed by atoms with E-state index in [9.17, 15) is 0 Å². The fraction of sp³-hybridized carbons (Fsp3) is 0.226. The maximum absolute atomic E-state index is 6.29. The van der Waals surface area contributed by atoms with E-state index in [1.807, 2.05) is 42.5 Å². The fourth-order valence-electron chi connectivity index (χ4n) is 4.08. The Morgan fingerprint density at radius 2 is 0.886 bits per heavy atom. The average molecular weight is 469 g/mol. The van der Waals surface area contributed by atoms with Crippen molar-refractivity contribution in [2.75, 3.05) is 21.3 Å².